The third-order valence-electron chi connectivity index (χ3n) is 5.30. The van der Waals surface area contributed by atoms with Gasteiger partial charge in [0.1, 0.15) is 0 Å². The van der Waals surface area contributed by atoms with Crippen LogP contribution in [0, 0.1) is 13.8 Å². The summed E-state index contributed by atoms with van der Waals surface area (Å²) in [6, 6.07) is 12.5. The molecule has 0 radical (unpaired) electrons. The predicted molar refractivity (Wildman–Crippen MR) is 123 cm³/mol. The molecule has 0 saturated carbocycles. The third kappa shape index (κ3) is 4.24. The highest BCUT2D eigenvalue weighted by Gasteiger charge is 2.26. The number of aromatic amines is 1. The van der Waals surface area contributed by atoms with Crippen molar-refractivity contribution in [3.8, 4) is 0 Å². The number of imide groups is 1. The number of nitrogens with one attached hydrogen (secondary N) is 4. The molecule has 0 spiro atoms. The summed E-state index contributed by atoms with van der Waals surface area (Å²) in [5.74, 6) is -1.93. The van der Waals surface area contributed by atoms with E-state index in [1.807, 2.05) is 0 Å². The van der Waals surface area contributed by atoms with Crippen LogP contribution in [-0.2, 0) is 4.79 Å². The zero-order valence-electron chi connectivity index (χ0n) is 17.8. The minimum Gasteiger partial charge on any atom is -0.478 e. The Balaban J connectivity index is 1.54. The molecule has 0 atom stereocenters. The largest absolute Gasteiger partial charge is 0.478 e. The first-order chi connectivity index (χ1) is 15.7. The van der Waals surface area contributed by atoms with Gasteiger partial charge in [0, 0.05) is 28.2 Å². The monoisotopic (exact) mass is 444 g/mol. The van der Waals surface area contributed by atoms with Gasteiger partial charge in [-0.05, 0) is 49.8 Å². The summed E-state index contributed by atoms with van der Waals surface area (Å²) in [6.07, 6.45) is 1.61. The molecule has 3 aromatic rings. The number of aromatic carboxylic acids is 1. The van der Waals surface area contributed by atoms with E-state index in [2.05, 4.69) is 20.9 Å². The maximum absolute atomic E-state index is 12.6. The number of benzene rings is 2. The Morgan fingerprint density at radius 3 is 2.42 bits per heavy atom. The molecule has 0 fully saturated rings. The zero-order valence-corrected chi connectivity index (χ0v) is 17.8. The van der Waals surface area contributed by atoms with Crippen LogP contribution in [0.1, 0.15) is 43.2 Å². The molecule has 9 heteroatoms. The van der Waals surface area contributed by atoms with Crippen LogP contribution < -0.4 is 16.0 Å². The van der Waals surface area contributed by atoms with Gasteiger partial charge in [0.25, 0.3) is 11.8 Å². The maximum Gasteiger partial charge on any atom is 0.337 e. The second-order valence-electron chi connectivity index (χ2n) is 7.52. The average molecular weight is 444 g/mol. The highest BCUT2D eigenvalue weighted by atomic mass is 16.4. The van der Waals surface area contributed by atoms with Crippen molar-refractivity contribution in [1.29, 1.82) is 0 Å². The van der Waals surface area contributed by atoms with Crippen molar-refractivity contribution in [1.82, 2.24) is 10.3 Å². The van der Waals surface area contributed by atoms with Crippen molar-refractivity contribution < 1.29 is 24.3 Å². The molecule has 0 aliphatic carbocycles. The fourth-order valence-electron chi connectivity index (χ4n) is 3.73. The fraction of sp³-hybridized carbons (Fsp3) is 0.0833. The summed E-state index contributed by atoms with van der Waals surface area (Å²) in [5, 5.41) is 16.9. The number of rotatable bonds is 4. The lowest BCUT2D eigenvalue weighted by atomic mass is 10.0. The van der Waals surface area contributed by atoms with Crippen LogP contribution in [0.2, 0.25) is 0 Å². The quantitative estimate of drug-likeness (QED) is 0.390. The summed E-state index contributed by atoms with van der Waals surface area (Å²) >= 11 is 0. The topological polar surface area (TPSA) is 140 Å². The predicted octanol–water partition coefficient (Wildman–Crippen LogP) is 3.78. The molecule has 9 nitrogen and oxygen atoms in total. The van der Waals surface area contributed by atoms with Crippen LogP contribution in [-0.4, -0.2) is 33.9 Å². The summed E-state index contributed by atoms with van der Waals surface area (Å²) < 4.78 is 0. The van der Waals surface area contributed by atoms with Gasteiger partial charge >= 0.3 is 12.0 Å². The van der Waals surface area contributed by atoms with Gasteiger partial charge in [0.15, 0.2) is 0 Å². The summed E-state index contributed by atoms with van der Waals surface area (Å²) in [5.41, 5.74) is 3.93. The Kier molecular flexibility index (Phi) is 5.53. The molecule has 1 aliphatic heterocycles. The summed E-state index contributed by atoms with van der Waals surface area (Å²) in [4.78, 5) is 51.3. The lowest BCUT2D eigenvalue weighted by molar-refractivity contribution is -0.110. The number of hydrogen-bond donors (Lipinski definition) is 5. The molecule has 0 saturated heterocycles. The first-order valence-corrected chi connectivity index (χ1v) is 10.0. The minimum atomic E-state index is -1.04. The SMILES string of the molecule is Cc1[nH]c(C=C2C(=O)Nc3cc(NC(=O)NC(=O)c4ccccc4)ccc32)c(C)c1C(=O)O. The van der Waals surface area contributed by atoms with E-state index in [0.29, 0.717) is 45.0 Å². The molecular weight excluding hydrogens is 424 g/mol. The van der Waals surface area contributed by atoms with Gasteiger partial charge in [-0.3, -0.25) is 14.9 Å². The smallest absolute Gasteiger partial charge is 0.337 e. The molecule has 5 N–H and O–H groups in total. The van der Waals surface area contributed by atoms with E-state index in [-0.39, 0.29) is 11.5 Å². The fourth-order valence-corrected chi connectivity index (χ4v) is 3.73. The molecule has 4 amide bonds. The van der Waals surface area contributed by atoms with Crippen LogP contribution in [0.15, 0.2) is 48.5 Å². The highest BCUT2D eigenvalue weighted by Crippen LogP contribution is 2.35. The van der Waals surface area contributed by atoms with Crippen molar-refractivity contribution in [2.45, 2.75) is 13.8 Å². The van der Waals surface area contributed by atoms with Crippen molar-refractivity contribution in [3.05, 3.63) is 82.2 Å². The van der Waals surface area contributed by atoms with Gasteiger partial charge in [0.2, 0.25) is 0 Å². The van der Waals surface area contributed by atoms with E-state index in [9.17, 15) is 24.3 Å². The zero-order chi connectivity index (χ0) is 23.7. The minimum absolute atomic E-state index is 0.177. The Morgan fingerprint density at radius 2 is 1.76 bits per heavy atom. The normalized spacial score (nSPS) is 13.4. The molecule has 0 bridgehead atoms. The number of anilines is 2. The lowest BCUT2D eigenvalue weighted by Gasteiger charge is -2.08. The number of urea groups is 1. The van der Waals surface area contributed by atoms with Crippen LogP contribution in [0.25, 0.3) is 11.6 Å². The Hall–Kier alpha value is -4.66. The van der Waals surface area contributed by atoms with Crippen molar-refractivity contribution in [2.24, 2.45) is 0 Å². The van der Waals surface area contributed by atoms with E-state index in [0.717, 1.165) is 0 Å². The van der Waals surface area contributed by atoms with Crippen LogP contribution in [0.4, 0.5) is 16.2 Å². The van der Waals surface area contributed by atoms with Crippen LogP contribution >= 0.6 is 0 Å². The number of fused-ring (bicyclic) bond motifs is 1. The average Bonchev–Trinajstić information content (AvgIpc) is 3.23. The van der Waals surface area contributed by atoms with Crippen molar-refractivity contribution in [3.63, 3.8) is 0 Å². The number of carboxylic acid groups (broad SMARTS) is 1. The van der Waals surface area contributed by atoms with Gasteiger partial charge < -0.3 is 20.7 Å². The molecule has 166 valence electrons. The number of amides is 4. The summed E-state index contributed by atoms with van der Waals surface area (Å²) in [6.45, 7) is 3.34. The first kappa shape index (κ1) is 21.6. The molecule has 33 heavy (non-hydrogen) atoms. The van der Waals surface area contributed by atoms with Gasteiger partial charge in [-0.25, -0.2) is 9.59 Å². The van der Waals surface area contributed by atoms with Crippen LogP contribution in [0.3, 0.4) is 0 Å². The second kappa shape index (κ2) is 8.46. The maximum atomic E-state index is 12.6. The highest BCUT2D eigenvalue weighted by molar-refractivity contribution is 6.35. The van der Waals surface area contributed by atoms with Crippen LogP contribution in [0.5, 0.6) is 0 Å². The third-order valence-corrected chi connectivity index (χ3v) is 5.30. The number of carbonyl (C=O) groups is 4. The van der Waals surface area contributed by atoms with Gasteiger partial charge in [-0.2, -0.15) is 0 Å². The molecular formula is C24H20N4O5. The lowest BCUT2D eigenvalue weighted by Crippen LogP contribution is -2.34. The Labute approximate surface area is 188 Å². The van der Waals surface area contributed by atoms with E-state index in [4.69, 9.17) is 0 Å². The molecule has 0 unspecified atom stereocenters. The molecule has 2 heterocycles. The number of aromatic nitrogens is 1. The van der Waals surface area contributed by atoms with E-state index >= 15 is 0 Å². The van der Waals surface area contributed by atoms with Gasteiger partial charge in [-0.15, -0.1) is 0 Å². The number of hydrogen-bond acceptors (Lipinski definition) is 4. The number of aryl methyl sites for hydroxylation is 1. The second-order valence-corrected chi connectivity index (χ2v) is 7.52. The standard InChI is InChI=1S/C24H20N4O5/c1-12-18(25-13(2)20(12)23(31)32)11-17-16-9-8-15(10-19(16)27-22(17)30)26-24(33)28-21(29)14-6-4-3-5-7-14/h3-11,25H,1-2H3,(H,27,30)(H,31,32)(H2,26,28,29,33). The van der Waals surface area contributed by atoms with Gasteiger partial charge in [0.05, 0.1) is 16.8 Å². The molecule has 1 aromatic heterocycles. The number of carbonyl (C=O) groups excluding carboxylic acids is 3. The van der Waals surface area contributed by atoms with Crippen molar-refractivity contribution in [2.75, 3.05) is 10.6 Å². The van der Waals surface area contributed by atoms with Crippen molar-refractivity contribution >= 4 is 46.8 Å². The van der Waals surface area contributed by atoms with Gasteiger partial charge in [-0.1, -0.05) is 24.3 Å². The van der Waals surface area contributed by atoms with E-state index in [1.54, 1.807) is 68.5 Å². The Morgan fingerprint density at radius 1 is 1.03 bits per heavy atom. The molecule has 4 rings (SSSR count). The first-order valence-electron chi connectivity index (χ1n) is 10.0. The molecule has 1 aliphatic rings. The summed E-state index contributed by atoms with van der Waals surface area (Å²) in [7, 11) is 0. The van der Waals surface area contributed by atoms with E-state index < -0.39 is 17.9 Å². The van der Waals surface area contributed by atoms with E-state index in [1.165, 1.54) is 0 Å². The molecule has 2 aromatic carbocycles. The number of carboxylic acids is 1. The number of H-pyrrole nitrogens is 1. The Bertz CT molecular complexity index is 1340.